The number of H-pyrrole nitrogens is 2. The van der Waals surface area contributed by atoms with E-state index in [0.717, 1.165) is 0 Å². The molecule has 0 aliphatic carbocycles. The number of likely N-dealkylation sites (tertiary alicyclic amines) is 1. The average Bonchev–Trinajstić information content (AvgIpc) is 3.67. The summed E-state index contributed by atoms with van der Waals surface area (Å²) in [6.45, 7) is 0.466. The second-order valence-electron chi connectivity index (χ2n) is 9.27. The first kappa shape index (κ1) is 29.1. The van der Waals surface area contributed by atoms with E-state index in [9.17, 15) is 24.3 Å². The Morgan fingerprint density at radius 3 is 2.28 bits per heavy atom. The van der Waals surface area contributed by atoms with Crippen LogP contribution < -0.4 is 27.8 Å². The van der Waals surface area contributed by atoms with Gasteiger partial charge in [0.15, 0.2) is 5.96 Å². The van der Waals surface area contributed by atoms with Crippen molar-refractivity contribution < 1.29 is 24.3 Å². The number of aromatic amines is 2. The van der Waals surface area contributed by atoms with E-state index < -0.39 is 47.9 Å². The summed E-state index contributed by atoms with van der Waals surface area (Å²) in [6, 6.07) is -4.12. The molecule has 2 aromatic heterocycles. The van der Waals surface area contributed by atoms with Gasteiger partial charge in [0.1, 0.15) is 18.1 Å². The fourth-order valence-electron chi connectivity index (χ4n) is 4.35. The molecule has 16 heteroatoms. The molecule has 3 rings (SSSR count). The quantitative estimate of drug-likeness (QED) is 0.0693. The standard InChI is InChI=1S/C23H35N11O5/c24-15(7-13-9-27-11-30-13)19(35)33-17(8-14-10-28-12-31-14)20(36)32-16(3-1-5-29-23(25)26)21(37)34-6-2-4-18(34)22(38)39/h9-12,15-18H,1-8,24H2,(H,27,30)(H,28,31)(H,32,36)(H,33,35)(H,38,39)(H4,25,26,29). The van der Waals surface area contributed by atoms with Crippen molar-refractivity contribution in [2.45, 2.75) is 62.7 Å². The number of aliphatic carboxylic acids is 1. The largest absolute Gasteiger partial charge is 0.480 e. The minimum absolute atomic E-state index is 0.0464. The van der Waals surface area contributed by atoms with E-state index in [1.54, 1.807) is 6.20 Å². The lowest BCUT2D eigenvalue weighted by molar-refractivity contribution is -0.149. The highest BCUT2D eigenvalue weighted by molar-refractivity contribution is 5.94. The van der Waals surface area contributed by atoms with Gasteiger partial charge in [-0.2, -0.15) is 0 Å². The Morgan fingerprint density at radius 1 is 1.05 bits per heavy atom. The van der Waals surface area contributed by atoms with Gasteiger partial charge >= 0.3 is 5.97 Å². The zero-order valence-electron chi connectivity index (χ0n) is 21.4. The van der Waals surface area contributed by atoms with Gasteiger partial charge < -0.3 is 47.8 Å². The summed E-state index contributed by atoms with van der Waals surface area (Å²) in [4.78, 5) is 70.2. The lowest BCUT2D eigenvalue weighted by atomic mass is 10.1. The van der Waals surface area contributed by atoms with Crippen LogP contribution >= 0.6 is 0 Å². The number of nitrogens with two attached hydrogens (primary N) is 3. The number of carboxylic acids is 1. The van der Waals surface area contributed by atoms with Gasteiger partial charge in [-0.25, -0.2) is 14.8 Å². The number of imidazole rings is 2. The van der Waals surface area contributed by atoms with Crippen molar-refractivity contribution in [2.75, 3.05) is 13.1 Å². The number of amides is 3. The number of aromatic nitrogens is 4. The van der Waals surface area contributed by atoms with Crippen LogP contribution in [0.1, 0.15) is 37.1 Å². The molecular weight excluding hydrogens is 510 g/mol. The van der Waals surface area contributed by atoms with Crippen LogP contribution in [-0.2, 0) is 32.0 Å². The molecular formula is C23H35N11O5. The fraction of sp³-hybridized carbons (Fsp3) is 0.522. The van der Waals surface area contributed by atoms with Crippen LogP contribution in [0.3, 0.4) is 0 Å². The van der Waals surface area contributed by atoms with Gasteiger partial charge in [-0.05, 0) is 25.7 Å². The predicted molar refractivity (Wildman–Crippen MR) is 139 cm³/mol. The molecule has 1 fully saturated rings. The van der Waals surface area contributed by atoms with Crippen LogP contribution in [0, 0.1) is 0 Å². The van der Waals surface area contributed by atoms with E-state index in [2.05, 4.69) is 35.6 Å². The number of hydrogen-bond acceptors (Lipinski definition) is 8. The lowest BCUT2D eigenvalue weighted by Gasteiger charge is -2.29. The summed E-state index contributed by atoms with van der Waals surface area (Å²) >= 11 is 0. The second kappa shape index (κ2) is 13.9. The van der Waals surface area contributed by atoms with Crippen LogP contribution in [0.15, 0.2) is 30.0 Å². The van der Waals surface area contributed by atoms with Crippen molar-refractivity contribution in [3.8, 4) is 0 Å². The third kappa shape index (κ3) is 8.53. The minimum Gasteiger partial charge on any atom is -0.480 e. The normalized spacial score (nSPS) is 17.2. The number of hydrogen-bond donors (Lipinski definition) is 8. The lowest BCUT2D eigenvalue weighted by Crippen LogP contribution is -2.57. The molecule has 1 aliphatic heterocycles. The van der Waals surface area contributed by atoms with Crippen molar-refractivity contribution in [2.24, 2.45) is 22.2 Å². The summed E-state index contributed by atoms with van der Waals surface area (Å²) in [5, 5.41) is 14.9. The molecule has 1 aliphatic rings. The van der Waals surface area contributed by atoms with E-state index in [1.807, 2.05) is 0 Å². The van der Waals surface area contributed by atoms with Crippen molar-refractivity contribution >= 4 is 29.7 Å². The number of carboxylic acid groups (broad SMARTS) is 1. The van der Waals surface area contributed by atoms with Crippen LogP contribution in [0.4, 0.5) is 0 Å². The SMILES string of the molecule is NC(N)=NCCCC(NC(=O)C(Cc1cnc[nH]1)NC(=O)C(N)Cc1cnc[nH]1)C(=O)N1CCCC1C(=O)O. The van der Waals surface area contributed by atoms with E-state index in [1.165, 1.54) is 23.8 Å². The Kier molecular flexibility index (Phi) is 10.4. The van der Waals surface area contributed by atoms with Gasteiger partial charge in [0.25, 0.3) is 0 Å². The molecule has 11 N–H and O–H groups in total. The van der Waals surface area contributed by atoms with Crippen LogP contribution in [0.5, 0.6) is 0 Å². The van der Waals surface area contributed by atoms with E-state index in [-0.39, 0.29) is 38.3 Å². The van der Waals surface area contributed by atoms with Crippen LogP contribution in [0.2, 0.25) is 0 Å². The van der Waals surface area contributed by atoms with Crippen molar-refractivity contribution in [3.63, 3.8) is 0 Å². The number of nitrogens with zero attached hydrogens (tertiary/aromatic N) is 4. The molecule has 0 saturated carbocycles. The summed E-state index contributed by atoms with van der Waals surface area (Å²) in [5.41, 5.74) is 18.0. The molecule has 0 spiro atoms. The van der Waals surface area contributed by atoms with Crippen LogP contribution in [-0.4, -0.2) is 96.8 Å². The smallest absolute Gasteiger partial charge is 0.326 e. The van der Waals surface area contributed by atoms with Crippen molar-refractivity contribution in [1.82, 2.24) is 35.5 Å². The maximum Gasteiger partial charge on any atom is 0.326 e. The minimum atomic E-state index is -1.11. The number of nitrogens with one attached hydrogen (secondary N) is 4. The molecule has 16 nitrogen and oxygen atoms in total. The number of guanidine groups is 1. The summed E-state index contributed by atoms with van der Waals surface area (Å²) in [7, 11) is 0. The van der Waals surface area contributed by atoms with Gasteiger partial charge in [0, 0.05) is 49.7 Å². The first-order valence-corrected chi connectivity index (χ1v) is 12.5. The molecule has 2 aromatic rings. The predicted octanol–water partition coefficient (Wildman–Crippen LogP) is -2.66. The topological polar surface area (TPSA) is 264 Å². The average molecular weight is 546 g/mol. The Balaban J connectivity index is 1.75. The molecule has 3 heterocycles. The van der Waals surface area contributed by atoms with Gasteiger partial charge in [-0.1, -0.05) is 0 Å². The maximum atomic E-state index is 13.5. The molecule has 4 unspecified atom stereocenters. The maximum absolute atomic E-state index is 13.5. The second-order valence-corrected chi connectivity index (χ2v) is 9.27. The fourth-order valence-corrected chi connectivity index (χ4v) is 4.35. The Labute approximate surface area is 224 Å². The molecule has 4 atom stereocenters. The van der Waals surface area contributed by atoms with Crippen LogP contribution in [0.25, 0.3) is 0 Å². The molecule has 39 heavy (non-hydrogen) atoms. The highest BCUT2D eigenvalue weighted by atomic mass is 16.4. The first-order valence-electron chi connectivity index (χ1n) is 12.5. The number of carbonyl (C=O) groups is 4. The number of carbonyl (C=O) groups excluding carboxylic acids is 3. The molecule has 212 valence electrons. The van der Waals surface area contributed by atoms with Crippen molar-refractivity contribution in [3.05, 3.63) is 36.4 Å². The highest BCUT2D eigenvalue weighted by Gasteiger charge is 2.38. The zero-order chi connectivity index (χ0) is 28.4. The zero-order valence-corrected chi connectivity index (χ0v) is 21.4. The third-order valence-corrected chi connectivity index (χ3v) is 6.32. The van der Waals surface area contributed by atoms with Gasteiger partial charge in [-0.15, -0.1) is 0 Å². The van der Waals surface area contributed by atoms with Crippen molar-refractivity contribution in [1.29, 1.82) is 0 Å². The number of rotatable bonds is 14. The number of aliphatic imine (C=N–C) groups is 1. The first-order chi connectivity index (χ1) is 18.7. The van der Waals surface area contributed by atoms with Gasteiger partial charge in [0.05, 0.1) is 18.7 Å². The van der Waals surface area contributed by atoms with E-state index >= 15 is 0 Å². The summed E-state index contributed by atoms with van der Waals surface area (Å²) < 4.78 is 0. The molecule has 0 radical (unpaired) electrons. The molecule has 3 amide bonds. The van der Waals surface area contributed by atoms with E-state index in [0.29, 0.717) is 30.7 Å². The highest BCUT2D eigenvalue weighted by Crippen LogP contribution is 2.20. The molecule has 0 bridgehead atoms. The Morgan fingerprint density at radius 2 is 1.69 bits per heavy atom. The summed E-state index contributed by atoms with van der Waals surface area (Å²) in [6.07, 6.45) is 7.51. The Hall–Kier alpha value is -4.47. The monoisotopic (exact) mass is 545 g/mol. The van der Waals surface area contributed by atoms with E-state index in [4.69, 9.17) is 17.2 Å². The molecule has 1 saturated heterocycles. The van der Waals surface area contributed by atoms with Gasteiger partial charge in [-0.3, -0.25) is 19.4 Å². The summed E-state index contributed by atoms with van der Waals surface area (Å²) in [5.74, 6) is -2.97. The molecule has 0 aromatic carbocycles. The van der Waals surface area contributed by atoms with Gasteiger partial charge in [0.2, 0.25) is 17.7 Å². The Bertz CT molecular complexity index is 1130. The third-order valence-electron chi connectivity index (χ3n) is 6.32.